The van der Waals surface area contributed by atoms with Gasteiger partial charge in [-0.15, -0.1) is 0 Å². The molecule has 2 N–H and O–H groups in total. The molecule has 0 radical (unpaired) electrons. The van der Waals surface area contributed by atoms with Gasteiger partial charge in [-0.2, -0.15) is 0 Å². The molecule has 0 saturated carbocycles. The largest absolute Gasteiger partial charge is 0.507 e. The van der Waals surface area contributed by atoms with Crippen LogP contribution in [0.15, 0.2) is 18.2 Å². The van der Waals surface area contributed by atoms with E-state index in [0.717, 1.165) is 0 Å². The normalized spacial score (nSPS) is 16.8. The minimum Gasteiger partial charge on any atom is -0.507 e. The lowest BCUT2D eigenvalue weighted by atomic mass is 10.1. The van der Waals surface area contributed by atoms with E-state index in [0.29, 0.717) is 18.8 Å². The number of ether oxygens (including phenoxy) is 2. The molecule has 1 saturated heterocycles. The Morgan fingerprint density at radius 3 is 2.60 bits per heavy atom. The molecule has 0 aromatic heterocycles. The summed E-state index contributed by atoms with van der Waals surface area (Å²) in [6.45, 7) is 0.892. The van der Waals surface area contributed by atoms with Crippen LogP contribution in [0.2, 0.25) is 0 Å². The molecule has 1 aliphatic heterocycles. The molecule has 1 heterocycles. The summed E-state index contributed by atoms with van der Waals surface area (Å²) in [4.78, 5) is 10.7. The first-order chi connectivity index (χ1) is 7.20. The molecule has 5 nitrogen and oxygen atoms in total. The fraction of sp³-hybridized carbons (Fsp3) is 0.300. The van der Waals surface area contributed by atoms with Gasteiger partial charge in [-0.05, 0) is 6.07 Å². The van der Waals surface area contributed by atoms with E-state index in [4.69, 9.17) is 14.6 Å². The Hall–Kier alpha value is -1.59. The van der Waals surface area contributed by atoms with Gasteiger partial charge in [-0.1, -0.05) is 12.1 Å². The second-order valence-corrected chi connectivity index (χ2v) is 3.12. The first-order valence-electron chi connectivity index (χ1n) is 4.48. The van der Waals surface area contributed by atoms with Crippen molar-refractivity contribution in [3.05, 3.63) is 29.3 Å². The van der Waals surface area contributed by atoms with E-state index < -0.39 is 12.3 Å². The van der Waals surface area contributed by atoms with Crippen LogP contribution in [0.3, 0.4) is 0 Å². The first-order valence-corrected chi connectivity index (χ1v) is 4.48. The fourth-order valence-electron chi connectivity index (χ4n) is 1.46. The molecular formula is C10H10O5. The van der Waals surface area contributed by atoms with Gasteiger partial charge in [0.05, 0.1) is 18.8 Å². The molecule has 0 aliphatic carbocycles. The zero-order valence-electron chi connectivity index (χ0n) is 7.84. The smallest absolute Gasteiger partial charge is 0.339 e. The molecule has 80 valence electrons. The van der Waals surface area contributed by atoms with Crippen LogP contribution < -0.4 is 0 Å². The summed E-state index contributed by atoms with van der Waals surface area (Å²) >= 11 is 0. The van der Waals surface area contributed by atoms with E-state index in [1.807, 2.05) is 0 Å². The van der Waals surface area contributed by atoms with Crippen molar-refractivity contribution in [1.29, 1.82) is 0 Å². The Balaban J connectivity index is 2.39. The van der Waals surface area contributed by atoms with Crippen LogP contribution >= 0.6 is 0 Å². The van der Waals surface area contributed by atoms with Gasteiger partial charge in [0.15, 0.2) is 6.29 Å². The van der Waals surface area contributed by atoms with Crippen LogP contribution in [-0.4, -0.2) is 29.4 Å². The quantitative estimate of drug-likeness (QED) is 0.765. The van der Waals surface area contributed by atoms with Crippen molar-refractivity contribution in [2.75, 3.05) is 13.2 Å². The average Bonchev–Trinajstić information content (AvgIpc) is 2.70. The van der Waals surface area contributed by atoms with E-state index in [1.54, 1.807) is 12.1 Å². The molecule has 1 fully saturated rings. The number of aromatic carboxylic acids is 1. The van der Waals surface area contributed by atoms with Gasteiger partial charge in [0.25, 0.3) is 0 Å². The summed E-state index contributed by atoms with van der Waals surface area (Å²) in [6, 6.07) is 4.46. The highest BCUT2D eigenvalue weighted by molar-refractivity contribution is 5.91. The lowest BCUT2D eigenvalue weighted by molar-refractivity contribution is -0.0455. The number of para-hydroxylation sites is 1. The van der Waals surface area contributed by atoms with Gasteiger partial charge in [-0.25, -0.2) is 4.79 Å². The summed E-state index contributed by atoms with van der Waals surface area (Å²) in [5.74, 6) is -1.47. The lowest BCUT2D eigenvalue weighted by Crippen LogP contribution is -2.03. The Labute approximate surface area is 85.9 Å². The van der Waals surface area contributed by atoms with Crippen molar-refractivity contribution in [3.8, 4) is 5.75 Å². The van der Waals surface area contributed by atoms with Gasteiger partial charge < -0.3 is 19.7 Å². The van der Waals surface area contributed by atoms with E-state index in [-0.39, 0.29) is 11.3 Å². The zero-order valence-corrected chi connectivity index (χ0v) is 7.84. The van der Waals surface area contributed by atoms with Crippen LogP contribution in [0.25, 0.3) is 0 Å². The molecular weight excluding hydrogens is 200 g/mol. The molecule has 0 spiro atoms. The maximum Gasteiger partial charge on any atom is 0.339 e. The predicted molar refractivity (Wildman–Crippen MR) is 49.7 cm³/mol. The van der Waals surface area contributed by atoms with Gasteiger partial charge in [-0.3, -0.25) is 0 Å². The van der Waals surface area contributed by atoms with Gasteiger partial charge in [0.1, 0.15) is 11.3 Å². The summed E-state index contributed by atoms with van der Waals surface area (Å²) in [6.07, 6.45) is -0.663. The number of aromatic hydroxyl groups is 1. The maximum absolute atomic E-state index is 10.7. The van der Waals surface area contributed by atoms with Crippen LogP contribution in [0.5, 0.6) is 5.75 Å². The summed E-state index contributed by atoms with van der Waals surface area (Å²) in [5, 5.41) is 18.5. The highest BCUT2D eigenvalue weighted by Gasteiger charge is 2.24. The van der Waals surface area contributed by atoms with Crippen LogP contribution in [0.1, 0.15) is 22.2 Å². The van der Waals surface area contributed by atoms with Crippen LogP contribution in [0, 0.1) is 0 Å². The minimum atomic E-state index is -1.17. The standard InChI is InChI=1S/C10H10O5/c11-8-6(9(12)13)2-1-3-7(8)10-14-4-5-15-10/h1-3,10-11H,4-5H2,(H,12,13). The Bertz CT molecular complexity index is 381. The van der Waals surface area contributed by atoms with Crippen molar-refractivity contribution in [1.82, 2.24) is 0 Å². The third kappa shape index (κ3) is 1.79. The van der Waals surface area contributed by atoms with Gasteiger partial charge >= 0.3 is 5.97 Å². The third-order valence-electron chi connectivity index (χ3n) is 2.17. The monoisotopic (exact) mass is 210 g/mol. The molecule has 5 heteroatoms. The number of hydrogen-bond donors (Lipinski definition) is 2. The van der Waals surface area contributed by atoms with Crippen LogP contribution in [-0.2, 0) is 9.47 Å². The number of carboxylic acids is 1. The van der Waals surface area contributed by atoms with Crippen molar-refractivity contribution in [2.24, 2.45) is 0 Å². The molecule has 15 heavy (non-hydrogen) atoms. The van der Waals surface area contributed by atoms with E-state index in [9.17, 15) is 9.90 Å². The predicted octanol–water partition coefficient (Wildman–Crippen LogP) is 1.14. The van der Waals surface area contributed by atoms with Gasteiger partial charge in [0, 0.05) is 0 Å². The topological polar surface area (TPSA) is 76.0 Å². The van der Waals surface area contributed by atoms with E-state index >= 15 is 0 Å². The Kier molecular flexibility index (Phi) is 2.57. The minimum absolute atomic E-state index is 0.147. The number of phenols is 1. The molecule has 1 aliphatic rings. The second-order valence-electron chi connectivity index (χ2n) is 3.12. The SMILES string of the molecule is O=C(O)c1cccc(C2OCCO2)c1O. The number of carbonyl (C=O) groups is 1. The van der Waals surface area contributed by atoms with Crippen molar-refractivity contribution >= 4 is 5.97 Å². The summed E-state index contributed by atoms with van der Waals surface area (Å²) in [7, 11) is 0. The van der Waals surface area contributed by atoms with Crippen molar-refractivity contribution < 1.29 is 24.5 Å². The highest BCUT2D eigenvalue weighted by Crippen LogP contribution is 2.32. The summed E-state index contributed by atoms with van der Waals surface area (Å²) in [5.41, 5.74) is 0.207. The third-order valence-corrected chi connectivity index (χ3v) is 2.17. The molecule has 1 aromatic carbocycles. The van der Waals surface area contributed by atoms with Gasteiger partial charge in [0.2, 0.25) is 0 Å². The van der Waals surface area contributed by atoms with E-state index in [1.165, 1.54) is 6.07 Å². The Morgan fingerprint density at radius 1 is 1.33 bits per heavy atom. The molecule has 0 unspecified atom stereocenters. The zero-order chi connectivity index (χ0) is 10.8. The number of benzene rings is 1. The van der Waals surface area contributed by atoms with E-state index in [2.05, 4.69) is 0 Å². The van der Waals surface area contributed by atoms with Crippen LogP contribution in [0.4, 0.5) is 0 Å². The van der Waals surface area contributed by atoms with Crippen molar-refractivity contribution in [3.63, 3.8) is 0 Å². The fourth-order valence-corrected chi connectivity index (χ4v) is 1.46. The number of carboxylic acid groups (broad SMARTS) is 1. The average molecular weight is 210 g/mol. The Morgan fingerprint density at radius 2 is 2.00 bits per heavy atom. The summed E-state index contributed by atoms with van der Waals surface area (Å²) < 4.78 is 10.4. The lowest BCUT2D eigenvalue weighted by Gasteiger charge is -2.12. The molecule has 0 amide bonds. The van der Waals surface area contributed by atoms with Crippen molar-refractivity contribution in [2.45, 2.75) is 6.29 Å². The molecule has 0 atom stereocenters. The highest BCUT2D eigenvalue weighted by atomic mass is 16.7. The second kappa shape index (κ2) is 3.88. The molecule has 0 bridgehead atoms. The first kappa shape index (κ1) is 9.95. The number of rotatable bonds is 2. The molecule has 2 rings (SSSR count). The maximum atomic E-state index is 10.7. The molecule has 1 aromatic rings. The number of hydrogen-bond acceptors (Lipinski definition) is 4.